The number of rotatable bonds is 8. The van der Waals surface area contributed by atoms with Crippen molar-refractivity contribution in [2.75, 3.05) is 33.4 Å². The van der Waals surface area contributed by atoms with Crippen molar-refractivity contribution in [1.29, 1.82) is 0 Å². The number of nitrogens with zero attached hydrogens (tertiary/aromatic N) is 2. The Kier molecular flexibility index (Phi) is 7.43. The maximum absolute atomic E-state index is 5.75. The summed E-state index contributed by atoms with van der Waals surface area (Å²) in [6.07, 6.45) is 4.72. The molecule has 0 spiro atoms. The third-order valence-corrected chi connectivity index (χ3v) is 6.18. The molecule has 1 aliphatic heterocycles. The van der Waals surface area contributed by atoms with E-state index in [-0.39, 0.29) is 6.04 Å². The molecule has 1 aliphatic rings. The van der Waals surface area contributed by atoms with E-state index < -0.39 is 0 Å². The lowest BCUT2D eigenvalue weighted by Gasteiger charge is -2.26. The van der Waals surface area contributed by atoms with Crippen LogP contribution in [-0.4, -0.2) is 34.2 Å². The van der Waals surface area contributed by atoms with Gasteiger partial charge >= 0.3 is 0 Å². The highest BCUT2D eigenvalue weighted by Crippen LogP contribution is 2.43. The van der Waals surface area contributed by atoms with Crippen LogP contribution in [0.4, 0.5) is 5.69 Å². The van der Waals surface area contributed by atoms with E-state index in [1.54, 1.807) is 28.4 Å². The molecule has 0 saturated heterocycles. The molecule has 4 rings (SSSR count). The molecule has 0 amide bonds. The zero-order valence-electron chi connectivity index (χ0n) is 19.6. The number of anilines is 1. The lowest BCUT2D eigenvalue weighted by molar-refractivity contribution is 0.349. The van der Waals surface area contributed by atoms with E-state index in [0.29, 0.717) is 29.4 Å². The molecule has 7 heteroatoms. The minimum atomic E-state index is -0.0637. The quantitative estimate of drug-likeness (QED) is 0.337. The second kappa shape index (κ2) is 10.7. The standard InChI is InChI=1S/C27H27BrN2O4/c1-31-24-12-5-8-18(26(24)33-3)14-15-20-17-23(22-11-7-13-25(32-2)27(22)34-4)30(29-20)21-10-6-9-19(28)16-21/h5-16,23H,17H2,1-4H3/b15-14+/t23-/m1/s1. The molecular formula is C27H27BrN2O4. The Morgan fingerprint density at radius 2 is 1.50 bits per heavy atom. The molecular weight excluding hydrogens is 496 g/mol. The molecule has 3 aromatic rings. The molecule has 0 bridgehead atoms. The maximum Gasteiger partial charge on any atom is 0.167 e. The summed E-state index contributed by atoms with van der Waals surface area (Å²) in [4.78, 5) is 0. The predicted octanol–water partition coefficient (Wildman–Crippen LogP) is 6.50. The van der Waals surface area contributed by atoms with Crippen molar-refractivity contribution in [2.45, 2.75) is 12.5 Å². The van der Waals surface area contributed by atoms with Crippen molar-refractivity contribution >= 4 is 33.4 Å². The highest BCUT2D eigenvalue weighted by molar-refractivity contribution is 9.10. The summed E-state index contributed by atoms with van der Waals surface area (Å²) < 4.78 is 23.3. The zero-order chi connectivity index (χ0) is 24.1. The van der Waals surface area contributed by atoms with Crippen molar-refractivity contribution in [3.8, 4) is 23.0 Å². The van der Waals surface area contributed by atoms with Gasteiger partial charge in [0.1, 0.15) is 0 Å². The molecule has 1 atom stereocenters. The van der Waals surface area contributed by atoms with Crippen LogP contribution in [-0.2, 0) is 0 Å². The van der Waals surface area contributed by atoms with E-state index in [1.807, 2.05) is 65.7 Å². The fourth-order valence-corrected chi connectivity index (χ4v) is 4.52. The third-order valence-electron chi connectivity index (χ3n) is 5.69. The van der Waals surface area contributed by atoms with Gasteiger partial charge in [0.25, 0.3) is 0 Å². The van der Waals surface area contributed by atoms with Gasteiger partial charge in [-0.15, -0.1) is 0 Å². The Morgan fingerprint density at radius 3 is 2.18 bits per heavy atom. The van der Waals surface area contributed by atoms with E-state index in [0.717, 1.165) is 27.0 Å². The first kappa shape index (κ1) is 23.7. The first-order valence-electron chi connectivity index (χ1n) is 10.8. The monoisotopic (exact) mass is 522 g/mol. The maximum atomic E-state index is 5.75. The van der Waals surface area contributed by atoms with Crippen LogP contribution in [0.3, 0.4) is 0 Å². The fraction of sp³-hybridized carbons (Fsp3) is 0.222. The van der Waals surface area contributed by atoms with Crippen LogP contribution in [0.2, 0.25) is 0 Å². The van der Waals surface area contributed by atoms with Gasteiger partial charge in [-0.05, 0) is 42.5 Å². The second-order valence-electron chi connectivity index (χ2n) is 7.63. The molecule has 0 fully saturated rings. The van der Waals surface area contributed by atoms with Crippen molar-refractivity contribution in [3.05, 3.63) is 82.3 Å². The number of methoxy groups -OCH3 is 4. The summed E-state index contributed by atoms with van der Waals surface area (Å²) in [5, 5.41) is 7.01. The molecule has 0 saturated carbocycles. The van der Waals surface area contributed by atoms with Crippen LogP contribution in [0, 0.1) is 0 Å². The van der Waals surface area contributed by atoms with Crippen LogP contribution in [0.1, 0.15) is 23.6 Å². The van der Waals surface area contributed by atoms with Gasteiger partial charge in [0.2, 0.25) is 0 Å². The molecule has 0 aromatic heterocycles. The number of para-hydroxylation sites is 2. The lowest BCUT2D eigenvalue weighted by atomic mass is 9.99. The summed E-state index contributed by atoms with van der Waals surface area (Å²) in [5.41, 5.74) is 3.83. The number of halogens is 1. The Hall–Kier alpha value is -3.45. The summed E-state index contributed by atoms with van der Waals surface area (Å²) in [7, 11) is 6.59. The largest absolute Gasteiger partial charge is 0.493 e. The zero-order valence-corrected chi connectivity index (χ0v) is 21.2. The summed E-state index contributed by atoms with van der Waals surface area (Å²) in [5.74, 6) is 2.78. The van der Waals surface area contributed by atoms with Crippen molar-refractivity contribution < 1.29 is 18.9 Å². The van der Waals surface area contributed by atoms with Gasteiger partial charge in [0.15, 0.2) is 23.0 Å². The molecule has 0 aliphatic carbocycles. The third kappa shape index (κ3) is 4.75. The normalized spacial score (nSPS) is 15.4. The molecule has 176 valence electrons. The average Bonchev–Trinajstić information content (AvgIpc) is 3.30. The van der Waals surface area contributed by atoms with Gasteiger partial charge in [-0.25, -0.2) is 0 Å². The lowest BCUT2D eigenvalue weighted by Crippen LogP contribution is -2.19. The molecule has 34 heavy (non-hydrogen) atoms. The van der Waals surface area contributed by atoms with E-state index in [4.69, 9.17) is 24.0 Å². The summed E-state index contributed by atoms with van der Waals surface area (Å²) in [6, 6.07) is 19.8. The van der Waals surface area contributed by atoms with Gasteiger partial charge in [0.05, 0.1) is 45.9 Å². The minimum absolute atomic E-state index is 0.0637. The average molecular weight is 523 g/mol. The summed E-state index contributed by atoms with van der Waals surface area (Å²) in [6.45, 7) is 0. The first-order chi connectivity index (χ1) is 16.6. The summed E-state index contributed by atoms with van der Waals surface area (Å²) >= 11 is 3.58. The van der Waals surface area contributed by atoms with Crippen molar-refractivity contribution in [2.24, 2.45) is 5.10 Å². The Labute approximate surface area is 208 Å². The van der Waals surface area contributed by atoms with Crippen LogP contribution >= 0.6 is 15.9 Å². The van der Waals surface area contributed by atoms with Crippen molar-refractivity contribution in [3.63, 3.8) is 0 Å². The first-order valence-corrected chi connectivity index (χ1v) is 11.6. The van der Waals surface area contributed by atoms with Crippen molar-refractivity contribution in [1.82, 2.24) is 0 Å². The van der Waals surface area contributed by atoms with Gasteiger partial charge < -0.3 is 18.9 Å². The molecule has 0 radical (unpaired) electrons. The second-order valence-corrected chi connectivity index (χ2v) is 8.55. The predicted molar refractivity (Wildman–Crippen MR) is 140 cm³/mol. The highest BCUT2D eigenvalue weighted by atomic mass is 79.9. The SMILES string of the molecule is COc1cccc(/C=C/C2=NN(c3cccc(Br)c3)[C@@H](c3cccc(OC)c3OC)C2)c1OC. The van der Waals surface area contributed by atoms with Crippen LogP contribution in [0.15, 0.2) is 76.3 Å². The smallest absolute Gasteiger partial charge is 0.167 e. The van der Waals surface area contributed by atoms with E-state index in [2.05, 4.69) is 28.1 Å². The van der Waals surface area contributed by atoms with Crippen LogP contribution in [0.5, 0.6) is 23.0 Å². The number of allylic oxidation sites excluding steroid dienone is 1. The molecule has 6 nitrogen and oxygen atoms in total. The number of hydrogen-bond donors (Lipinski definition) is 0. The number of benzene rings is 3. The van der Waals surface area contributed by atoms with Gasteiger partial charge in [-0.3, -0.25) is 5.01 Å². The van der Waals surface area contributed by atoms with Crippen LogP contribution in [0.25, 0.3) is 6.08 Å². The minimum Gasteiger partial charge on any atom is -0.493 e. The molecule has 0 unspecified atom stereocenters. The Morgan fingerprint density at radius 1 is 0.824 bits per heavy atom. The molecule has 3 aromatic carbocycles. The van der Waals surface area contributed by atoms with Gasteiger partial charge in [-0.1, -0.05) is 46.3 Å². The Bertz CT molecular complexity index is 1230. The highest BCUT2D eigenvalue weighted by Gasteiger charge is 2.31. The molecule has 0 N–H and O–H groups in total. The number of hydrazone groups is 1. The van der Waals surface area contributed by atoms with E-state index in [9.17, 15) is 0 Å². The number of hydrogen-bond acceptors (Lipinski definition) is 6. The van der Waals surface area contributed by atoms with Gasteiger partial charge in [0, 0.05) is 22.0 Å². The fourth-order valence-electron chi connectivity index (χ4n) is 4.14. The number of ether oxygens (including phenoxy) is 4. The molecule has 1 heterocycles. The Balaban J connectivity index is 1.74. The topological polar surface area (TPSA) is 52.5 Å². The van der Waals surface area contributed by atoms with E-state index in [1.165, 1.54) is 0 Å². The van der Waals surface area contributed by atoms with Gasteiger partial charge in [-0.2, -0.15) is 5.10 Å². The van der Waals surface area contributed by atoms with E-state index >= 15 is 0 Å². The van der Waals surface area contributed by atoms with Crippen LogP contribution < -0.4 is 24.0 Å².